The van der Waals surface area contributed by atoms with Gasteiger partial charge in [0.1, 0.15) is 0 Å². The van der Waals surface area contributed by atoms with Crippen LogP contribution in [0.1, 0.15) is 32.0 Å². The van der Waals surface area contributed by atoms with Crippen molar-refractivity contribution in [2.75, 3.05) is 32.7 Å². The number of carbonyl (C=O) groups excluding carboxylic acids is 3. The molecular weight excluding hydrogens is 419 g/mol. The van der Waals surface area contributed by atoms with Gasteiger partial charge in [0, 0.05) is 44.7 Å². The third-order valence-electron chi connectivity index (χ3n) is 4.75. The van der Waals surface area contributed by atoms with Crippen molar-refractivity contribution in [2.24, 2.45) is 0 Å². The predicted octanol–water partition coefficient (Wildman–Crippen LogP) is 2.87. The summed E-state index contributed by atoms with van der Waals surface area (Å²) in [6.07, 6.45) is -4.29. The van der Waals surface area contributed by atoms with Crippen molar-refractivity contribution in [3.63, 3.8) is 0 Å². The van der Waals surface area contributed by atoms with Gasteiger partial charge in [0.15, 0.2) is 0 Å². The Labute approximate surface area is 175 Å². The van der Waals surface area contributed by atoms with E-state index in [0.29, 0.717) is 31.1 Å². The van der Waals surface area contributed by atoms with Crippen LogP contribution in [0.4, 0.5) is 13.2 Å². The highest BCUT2D eigenvalue weighted by Crippen LogP contribution is 2.29. The molecule has 0 unspecified atom stereocenters. The highest BCUT2D eigenvalue weighted by Gasteiger charge is 2.31. The maximum absolute atomic E-state index is 12.6. The summed E-state index contributed by atoms with van der Waals surface area (Å²) in [7, 11) is 0. The Hall–Kier alpha value is -2.88. The first-order valence-corrected chi connectivity index (χ1v) is 10.2. The molecule has 3 rings (SSSR count). The second-order valence-corrected chi connectivity index (χ2v) is 7.68. The molecule has 2 heterocycles. The molecule has 0 aliphatic carbocycles. The van der Waals surface area contributed by atoms with Gasteiger partial charge in [-0.25, -0.2) is 0 Å². The second kappa shape index (κ2) is 9.29. The second-order valence-electron chi connectivity index (χ2n) is 6.73. The molecule has 0 saturated carbocycles. The van der Waals surface area contributed by atoms with E-state index >= 15 is 0 Å². The summed E-state index contributed by atoms with van der Waals surface area (Å²) in [5.74, 6) is -0.702. The summed E-state index contributed by atoms with van der Waals surface area (Å²) in [5.41, 5.74) is -0.625. The van der Waals surface area contributed by atoms with Crippen LogP contribution < -0.4 is 5.32 Å². The minimum atomic E-state index is -4.45. The SMILES string of the molecule is O=C(NCCC(=O)N1CCN(C(=O)c2ccc(C(F)(F)F)cc2)CC1)c1cccs1. The number of piperazine rings is 1. The normalized spacial score (nSPS) is 14.5. The van der Waals surface area contributed by atoms with Crippen LogP contribution in [-0.4, -0.2) is 60.2 Å². The molecule has 0 bridgehead atoms. The first-order chi connectivity index (χ1) is 14.3. The van der Waals surface area contributed by atoms with Crippen molar-refractivity contribution < 1.29 is 27.6 Å². The fourth-order valence-electron chi connectivity index (χ4n) is 3.08. The first kappa shape index (κ1) is 21.8. The molecule has 1 aromatic heterocycles. The summed E-state index contributed by atoms with van der Waals surface area (Å²) in [6, 6.07) is 7.58. The Kier molecular flexibility index (Phi) is 6.76. The van der Waals surface area contributed by atoms with Gasteiger partial charge in [-0.1, -0.05) is 6.07 Å². The quantitative estimate of drug-likeness (QED) is 0.779. The van der Waals surface area contributed by atoms with Crippen LogP contribution in [0.3, 0.4) is 0 Å². The number of thiophene rings is 1. The molecule has 1 fully saturated rings. The van der Waals surface area contributed by atoms with E-state index in [2.05, 4.69) is 5.32 Å². The summed E-state index contributed by atoms with van der Waals surface area (Å²) < 4.78 is 37.9. The van der Waals surface area contributed by atoms with E-state index in [1.165, 1.54) is 28.4 Å². The predicted molar refractivity (Wildman–Crippen MR) is 105 cm³/mol. The number of halogens is 3. The van der Waals surface area contributed by atoms with Crippen molar-refractivity contribution in [3.05, 3.63) is 57.8 Å². The Bertz CT molecular complexity index is 890. The van der Waals surface area contributed by atoms with E-state index in [0.717, 1.165) is 12.1 Å². The first-order valence-electron chi connectivity index (χ1n) is 9.32. The van der Waals surface area contributed by atoms with E-state index in [-0.39, 0.29) is 36.3 Å². The Morgan fingerprint density at radius 2 is 1.60 bits per heavy atom. The van der Waals surface area contributed by atoms with E-state index in [1.807, 2.05) is 0 Å². The molecule has 1 aliphatic heterocycles. The van der Waals surface area contributed by atoms with E-state index in [4.69, 9.17) is 0 Å². The maximum atomic E-state index is 12.6. The van der Waals surface area contributed by atoms with E-state index < -0.39 is 11.7 Å². The van der Waals surface area contributed by atoms with Gasteiger partial charge in [0.2, 0.25) is 5.91 Å². The minimum Gasteiger partial charge on any atom is -0.351 e. The van der Waals surface area contributed by atoms with Crippen LogP contribution in [0.2, 0.25) is 0 Å². The molecule has 2 aromatic rings. The molecule has 1 aromatic carbocycles. The average Bonchev–Trinajstić information content (AvgIpc) is 3.28. The number of nitrogens with zero attached hydrogens (tertiary/aromatic N) is 2. The number of hydrogen-bond acceptors (Lipinski definition) is 4. The Balaban J connectivity index is 1.44. The van der Waals surface area contributed by atoms with Crippen molar-refractivity contribution in [1.29, 1.82) is 0 Å². The molecule has 0 spiro atoms. The molecule has 160 valence electrons. The standard InChI is InChI=1S/C20H20F3N3O3S/c21-20(22,23)15-5-3-14(4-6-15)19(29)26-11-9-25(10-12-26)17(27)7-8-24-18(28)16-2-1-13-30-16/h1-6,13H,7-12H2,(H,24,28). The molecule has 1 saturated heterocycles. The lowest BCUT2D eigenvalue weighted by molar-refractivity contribution is -0.137. The van der Waals surface area contributed by atoms with Crippen LogP contribution >= 0.6 is 11.3 Å². The summed E-state index contributed by atoms with van der Waals surface area (Å²) in [5, 5.41) is 4.50. The van der Waals surface area contributed by atoms with Crippen LogP contribution in [0.15, 0.2) is 41.8 Å². The lowest BCUT2D eigenvalue weighted by Crippen LogP contribution is -2.51. The monoisotopic (exact) mass is 439 g/mol. The van der Waals surface area contributed by atoms with Crippen molar-refractivity contribution in [3.8, 4) is 0 Å². The van der Waals surface area contributed by atoms with Gasteiger partial charge in [0.05, 0.1) is 10.4 Å². The van der Waals surface area contributed by atoms with Crippen molar-refractivity contribution in [1.82, 2.24) is 15.1 Å². The van der Waals surface area contributed by atoms with Crippen LogP contribution in [0.5, 0.6) is 0 Å². The highest BCUT2D eigenvalue weighted by molar-refractivity contribution is 7.12. The van der Waals surface area contributed by atoms with Crippen LogP contribution in [0, 0.1) is 0 Å². The largest absolute Gasteiger partial charge is 0.416 e. The highest BCUT2D eigenvalue weighted by atomic mass is 32.1. The van der Waals surface area contributed by atoms with Gasteiger partial charge in [-0.15, -0.1) is 11.3 Å². The maximum Gasteiger partial charge on any atom is 0.416 e. The lowest BCUT2D eigenvalue weighted by Gasteiger charge is -2.35. The number of nitrogens with one attached hydrogen (secondary N) is 1. The van der Waals surface area contributed by atoms with Gasteiger partial charge in [-0.05, 0) is 35.7 Å². The molecule has 10 heteroatoms. The zero-order valence-electron chi connectivity index (χ0n) is 15.9. The minimum absolute atomic E-state index is 0.122. The van der Waals surface area contributed by atoms with Gasteiger partial charge >= 0.3 is 6.18 Å². The van der Waals surface area contributed by atoms with Gasteiger partial charge in [-0.2, -0.15) is 13.2 Å². The van der Waals surface area contributed by atoms with E-state index in [1.54, 1.807) is 22.4 Å². The topological polar surface area (TPSA) is 69.7 Å². The number of amides is 3. The molecule has 30 heavy (non-hydrogen) atoms. The van der Waals surface area contributed by atoms with Gasteiger partial charge in [-0.3, -0.25) is 14.4 Å². The number of benzene rings is 1. The number of hydrogen-bond donors (Lipinski definition) is 1. The van der Waals surface area contributed by atoms with Crippen molar-refractivity contribution >= 4 is 29.1 Å². The Morgan fingerprint density at radius 1 is 0.967 bits per heavy atom. The zero-order valence-corrected chi connectivity index (χ0v) is 16.8. The lowest BCUT2D eigenvalue weighted by atomic mass is 10.1. The van der Waals surface area contributed by atoms with Crippen molar-refractivity contribution in [2.45, 2.75) is 12.6 Å². The van der Waals surface area contributed by atoms with Gasteiger partial charge in [0.25, 0.3) is 11.8 Å². The third-order valence-corrected chi connectivity index (χ3v) is 5.62. The van der Waals surface area contributed by atoms with Gasteiger partial charge < -0.3 is 15.1 Å². The molecule has 6 nitrogen and oxygen atoms in total. The summed E-state index contributed by atoms with van der Waals surface area (Å²) in [4.78, 5) is 40.4. The number of alkyl halides is 3. The van der Waals surface area contributed by atoms with Crippen LogP contribution in [0.25, 0.3) is 0 Å². The molecule has 0 radical (unpaired) electrons. The molecule has 1 N–H and O–H groups in total. The molecule has 3 amide bonds. The van der Waals surface area contributed by atoms with Crippen LogP contribution in [-0.2, 0) is 11.0 Å². The molecule has 0 atom stereocenters. The molecular formula is C20H20F3N3O3S. The fraction of sp³-hybridized carbons (Fsp3) is 0.350. The number of rotatable bonds is 5. The van der Waals surface area contributed by atoms with E-state index in [9.17, 15) is 27.6 Å². The Morgan fingerprint density at radius 3 is 2.17 bits per heavy atom. The fourth-order valence-corrected chi connectivity index (χ4v) is 3.72. The average molecular weight is 439 g/mol. The summed E-state index contributed by atoms with van der Waals surface area (Å²) >= 11 is 1.32. The molecule has 1 aliphatic rings. The number of carbonyl (C=O) groups is 3. The summed E-state index contributed by atoms with van der Waals surface area (Å²) in [6.45, 7) is 1.49. The zero-order chi connectivity index (χ0) is 21.7. The smallest absolute Gasteiger partial charge is 0.351 e. The third kappa shape index (κ3) is 5.38.